The third-order valence-corrected chi connectivity index (χ3v) is 3.80. The molecule has 0 atom stereocenters. The lowest BCUT2D eigenvalue weighted by Gasteiger charge is -2.33. The van der Waals surface area contributed by atoms with Gasteiger partial charge in [0.25, 0.3) is 5.91 Å². The van der Waals surface area contributed by atoms with Crippen molar-refractivity contribution in [3.8, 4) is 0 Å². The molecule has 0 spiro atoms. The number of carbonyl (C=O) groups excluding carboxylic acids is 1. The zero-order valence-electron chi connectivity index (χ0n) is 11.9. The van der Waals surface area contributed by atoms with Gasteiger partial charge in [-0.1, -0.05) is 25.3 Å². The first-order valence-corrected chi connectivity index (χ1v) is 7.25. The van der Waals surface area contributed by atoms with Crippen molar-refractivity contribution in [2.24, 2.45) is 0 Å². The minimum Gasteiger partial charge on any atom is -0.477 e. The standard InChI is InChI=1S/C15H20N2O4/c18-10-9-17(11-5-2-1-3-6-11)14(19)12-7-4-8-13(16-12)15(20)21/h4,7-8,11,18H,1-3,5-6,9-10H2,(H,20,21). The number of carboxylic acid groups (broad SMARTS) is 1. The van der Waals surface area contributed by atoms with Crippen LogP contribution in [0, 0.1) is 0 Å². The number of aromatic carboxylic acids is 1. The lowest BCUT2D eigenvalue weighted by molar-refractivity contribution is 0.0579. The molecule has 1 saturated carbocycles. The Morgan fingerprint density at radius 2 is 1.86 bits per heavy atom. The highest BCUT2D eigenvalue weighted by atomic mass is 16.4. The Morgan fingerprint density at radius 1 is 1.19 bits per heavy atom. The summed E-state index contributed by atoms with van der Waals surface area (Å²) >= 11 is 0. The van der Waals surface area contributed by atoms with Crippen LogP contribution in [0.25, 0.3) is 0 Å². The Kier molecular flexibility index (Phi) is 5.27. The second-order valence-corrected chi connectivity index (χ2v) is 5.23. The van der Waals surface area contributed by atoms with E-state index in [0.717, 1.165) is 25.7 Å². The molecule has 21 heavy (non-hydrogen) atoms. The van der Waals surface area contributed by atoms with Gasteiger partial charge in [0, 0.05) is 12.6 Å². The number of pyridine rings is 1. The van der Waals surface area contributed by atoms with E-state index in [9.17, 15) is 14.7 Å². The molecule has 6 heteroatoms. The molecule has 1 aromatic heterocycles. The smallest absolute Gasteiger partial charge is 0.354 e. The second kappa shape index (κ2) is 7.17. The average molecular weight is 292 g/mol. The maximum atomic E-state index is 12.6. The van der Waals surface area contributed by atoms with Crippen molar-refractivity contribution in [1.82, 2.24) is 9.88 Å². The van der Waals surface area contributed by atoms with Crippen LogP contribution in [0.5, 0.6) is 0 Å². The van der Waals surface area contributed by atoms with E-state index in [1.54, 1.807) is 4.90 Å². The first kappa shape index (κ1) is 15.4. The number of amides is 1. The van der Waals surface area contributed by atoms with E-state index in [4.69, 9.17) is 5.11 Å². The zero-order valence-corrected chi connectivity index (χ0v) is 11.9. The molecular weight excluding hydrogens is 272 g/mol. The number of carbonyl (C=O) groups is 2. The molecule has 2 N–H and O–H groups in total. The quantitative estimate of drug-likeness (QED) is 0.859. The van der Waals surface area contributed by atoms with Crippen LogP contribution in [-0.4, -0.2) is 51.2 Å². The van der Waals surface area contributed by atoms with E-state index in [2.05, 4.69) is 4.98 Å². The minimum absolute atomic E-state index is 0.105. The molecule has 1 aliphatic rings. The highest BCUT2D eigenvalue weighted by Gasteiger charge is 2.26. The summed E-state index contributed by atoms with van der Waals surface area (Å²) in [5, 5.41) is 18.2. The molecule has 1 amide bonds. The van der Waals surface area contributed by atoms with Gasteiger partial charge in [-0.15, -0.1) is 0 Å². The summed E-state index contributed by atoms with van der Waals surface area (Å²) in [4.78, 5) is 29.0. The van der Waals surface area contributed by atoms with Gasteiger partial charge in [-0.25, -0.2) is 9.78 Å². The Morgan fingerprint density at radius 3 is 2.48 bits per heavy atom. The summed E-state index contributed by atoms with van der Waals surface area (Å²) in [6.45, 7) is 0.142. The number of rotatable bonds is 5. The predicted molar refractivity (Wildman–Crippen MR) is 76.2 cm³/mol. The molecule has 1 fully saturated rings. The zero-order chi connectivity index (χ0) is 15.2. The summed E-state index contributed by atoms with van der Waals surface area (Å²) < 4.78 is 0. The van der Waals surface area contributed by atoms with Crippen LogP contribution in [0.3, 0.4) is 0 Å². The molecule has 0 bridgehead atoms. The number of aliphatic hydroxyl groups excluding tert-OH is 1. The molecule has 0 aliphatic heterocycles. The van der Waals surface area contributed by atoms with Gasteiger partial charge in [-0.2, -0.15) is 0 Å². The summed E-state index contributed by atoms with van der Waals surface area (Å²) in [7, 11) is 0. The van der Waals surface area contributed by atoms with Gasteiger partial charge in [0.2, 0.25) is 0 Å². The molecular formula is C15H20N2O4. The molecule has 1 aromatic rings. The maximum Gasteiger partial charge on any atom is 0.354 e. The number of carboxylic acids is 1. The lowest BCUT2D eigenvalue weighted by atomic mass is 9.94. The molecule has 1 aliphatic carbocycles. The fourth-order valence-electron chi connectivity index (χ4n) is 2.77. The molecule has 0 saturated heterocycles. The van der Waals surface area contributed by atoms with E-state index in [1.807, 2.05) is 0 Å². The Labute approximate surface area is 123 Å². The highest BCUT2D eigenvalue weighted by Crippen LogP contribution is 2.23. The Hall–Kier alpha value is -1.95. The van der Waals surface area contributed by atoms with Crippen molar-refractivity contribution in [2.45, 2.75) is 38.1 Å². The summed E-state index contributed by atoms with van der Waals surface area (Å²) in [6, 6.07) is 4.49. The van der Waals surface area contributed by atoms with Crippen LogP contribution in [0.4, 0.5) is 0 Å². The van der Waals surface area contributed by atoms with Gasteiger partial charge >= 0.3 is 5.97 Å². The van der Waals surface area contributed by atoms with Crippen molar-refractivity contribution in [3.63, 3.8) is 0 Å². The van der Waals surface area contributed by atoms with Crippen molar-refractivity contribution >= 4 is 11.9 Å². The number of nitrogens with zero attached hydrogens (tertiary/aromatic N) is 2. The van der Waals surface area contributed by atoms with Gasteiger partial charge in [0.15, 0.2) is 0 Å². The highest BCUT2D eigenvalue weighted by molar-refractivity contribution is 5.94. The van der Waals surface area contributed by atoms with Crippen LogP contribution >= 0.6 is 0 Å². The molecule has 0 radical (unpaired) electrons. The number of hydrogen-bond acceptors (Lipinski definition) is 4. The van der Waals surface area contributed by atoms with Gasteiger partial charge in [0.05, 0.1) is 6.61 Å². The summed E-state index contributed by atoms with van der Waals surface area (Å²) in [5.41, 5.74) is -0.0256. The first-order valence-electron chi connectivity index (χ1n) is 7.25. The topological polar surface area (TPSA) is 90.7 Å². The Bertz CT molecular complexity index is 512. The largest absolute Gasteiger partial charge is 0.477 e. The van der Waals surface area contributed by atoms with E-state index in [0.29, 0.717) is 0 Å². The minimum atomic E-state index is -1.16. The summed E-state index contributed by atoms with van der Waals surface area (Å²) in [5.74, 6) is -1.46. The van der Waals surface area contributed by atoms with Crippen molar-refractivity contribution in [1.29, 1.82) is 0 Å². The predicted octanol–water partition coefficient (Wildman–Crippen LogP) is 1.55. The van der Waals surface area contributed by atoms with Crippen LogP contribution in [-0.2, 0) is 0 Å². The molecule has 114 valence electrons. The first-order chi connectivity index (χ1) is 10.1. The third-order valence-electron chi connectivity index (χ3n) is 3.80. The molecule has 0 aromatic carbocycles. The number of aliphatic hydroxyl groups is 1. The molecule has 0 unspecified atom stereocenters. The van der Waals surface area contributed by atoms with Gasteiger partial charge in [0.1, 0.15) is 11.4 Å². The maximum absolute atomic E-state index is 12.6. The lowest BCUT2D eigenvalue weighted by Crippen LogP contribution is -2.43. The van der Waals surface area contributed by atoms with Crippen molar-refractivity contribution in [3.05, 3.63) is 29.6 Å². The third kappa shape index (κ3) is 3.78. The van der Waals surface area contributed by atoms with Gasteiger partial charge < -0.3 is 15.1 Å². The second-order valence-electron chi connectivity index (χ2n) is 5.23. The average Bonchev–Trinajstić information content (AvgIpc) is 2.53. The monoisotopic (exact) mass is 292 g/mol. The number of aromatic nitrogens is 1. The van der Waals surface area contributed by atoms with Crippen molar-refractivity contribution in [2.75, 3.05) is 13.2 Å². The number of hydrogen-bond donors (Lipinski definition) is 2. The van der Waals surface area contributed by atoms with Crippen LogP contribution < -0.4 is 0 Å². The van der Waals surface area contributed by atoms with Crippen LogP contribution in [0.15, 0.2) is 18.2 Å². The molecule has 6 nitrogen and oxygen atoms in total. The summed E-state index contributed by atoms with van der Waals surface area (Å²) in [6.07, 6.45) is 5.16. The fourth-order valence-corrected chi connectivity index (χ4v) is 2.77. The van der Waals surface area contributed by atoms with Crippen LogP contribution in [0.2, 0.25) is 0 Å². The normalized spacial score (nSPS) is 15.7. The van der Waals surface area contributed by atoms with E-state index >= 15 is 0 Å². The van der Waals surface area contributed by atoms with Crippen LogP contribution in [0.1, 0.15) is 53.1 Å². The molecule has 2 rings (SSSR count). The Balaban J connectivity index is 2.20. The SMILES string of the molecule is O=C(O)c1cccc(C(=O)N(CCO)C2CCCCC2)n1. The fraction of sp³-hybridized carbons (Fsp3) is 0.533. The van der Waals surface area contributed by atoms with Gasteiger partial charge in [-0.05, 0) is 25.0 Å². The van der Waals surface area contributed by atoms with E-state index in [1.165, 1.54) is 24.6 Å². The molecule has 1 heterocycles. The van der Waals surface area contributed by atoms with E-state index < -0.39 is 5.97 Å². The van der Waals surface area contributed by atoms with Crippen molar-refractivity contribution < 1.29 is 19.8 Å². The van der Waals surface area contributed by atoms with E-state index in [-0.39, 0.29) is 36.5 Å². The van der Waals surface area contributed by atoms with Gasteiger partial charge in [-0.3, -0.25) is 4.79 Å².